The third-order valence-electron chi connectivity index (χ3n) is 3.11. The zero-order chi connectivity index (χ0) is 14.3. The van der Waals surface area contributed by atoms with Crippen LogP contribution in [0.15, 0.2) is 29.6 Å². The molecule has 0 aliphatic rings. The maximum atomic E-state index is 11.8. The van der Waals surface area contributed by atoms with Crippen LogP contribution in [0.2, 0.25) is 0 Å². The van der Waals surface area contributed by atoms with Gasteiger partial charge in [0.1, 0.15) is 15.5 Å². The summed E-state index contributed by atoms with van der Waals surface area (Å²) in [5, 5.41) is 11.6. The van der Waals surface area contributed by atoms with Gasteiger partial charge < -0.3 is 5.11 Å². The molecule has 6 heteroatoms. The Morgan fingerprint density at radius 1 is 1.21 bits per heavy atom. The molecule has 0 aliphatic heterocycles. The van der Waals surface area contributed by atoms with Crippen LogP contribution in [-0.2, 0) is 14.6 Å². The zero-order valence-electron chi connectivity index (χ0n) is 10.9. The first kappa shape index (κ1) is 14.0. The third kappa shape index (κ3) is 2.64. The predicted molar refractivity (Wildman–Crippen MR) is 77.1 cm³/mol. The molecule has 0 fully saturated rings. The standard InChI is InChI=1S/C13H15NO3S2/c1-13(2,19(3,16)17)12-14-11(8-18-12)9-4-6-10(15)7-5-9/h4-8,15H,1-3H3. The fraction of sp³-hybridized carbons (Fsp3) is 0.308. The van der Waals surface area contributed by atoms with E-state index in [1.54, 1.807) is 38.1 Å². The molecule has 2 rings (SSSR count). The smallest absolute Gasteiger partial charge is 0.159 e. The van der Waals surface area contributed by atoms with Crippen molar-refractivity contribution in [2.75, 3.05) is 6.26 Å². The van der Waals surface area contributed by atoms with Crippen LogP contribution >= 0.6 is 11.3 Å². The van der Waals surface area contributed by atoms with Crippen LogP contribution in [0, 0.1) is 0 Å². The maximum Gasteiger partial charge on any atom is 0.159 e. The van der Waals surface area contributed by atoms with Gasteiger partial charge in [-0.05, 0) is 38.1 Å². The number of aromatic hydroxyl groups is 1. The number of nitrogens with zero attached hydrogens (tertiary/aromatic N) is 1. The molecular formula is C13H15NO3S2. The Bertz CT molecular complexity index is 685. The molecule has 0 spiro atoms. The van der Waals surface area contributed by atoms with Crippen molar-refractivity contribution in [2.45, 2.75) is 18.6 Å². The topological polar surface area (TPSA) is 67.3 Å². The largest absolute Gasteiger partial charge is 0.508 e. The first-order chi connectivity index (χ1) is 8.72. The highest BCUT2D eigenvalue weighted by molar-refractivity contribution is 7.91. The number of phenols is 1. The van der Waals surface area contributed by atoms with Gasteiger partial charge in [0.2, 0.25) is 0 Å². The van der Waals surface area contributed by atoms with Crippen molar-refractivity contribution in [1.82, 2.24) is 4.98 Å². The molecule has 0 saturated heterocycles. The summed E-state index contributed by atoms with van der Waals surface area (Å²) in [7, 11) is -3.22. The first-order valence-corrected chi connectivity index (χ1v) is 8.44. The minimum absolute atomic E-state index is 0.190. The van der Waals surface area contributed by atoms with E-state index in [-0.39, 0.29) is 5.75 Å². The summed E-state index contributed by atoms with van der Waals surface area (Å²) in [5.41, 5.74) is 1.57. The molecular weight excluding hydrogens is 282 g/mol. The van der Waals surface area contributed by atoms with Gasteiger partial charge in [-0.25, -0.2) is 13.4 Å². The van der Waals surface area contributed by atoms with E-state index in [0.29, 0.717) is 5.01 Å². The fourth-order valence-electron chi connectivity index (χ4n) is 1.47. The van der Waals surface area contributed by atoms with E-state index in [0.717, 1.165) is 11.3 Å². The zero-order valence-corrected chi connectivity index (χ0v) is 12.5. The highest BCUT2D eigenvalue weighted by atomic mass is 32.2. The molecule has 102 valence electrons. The number of thiazole rings is 1. The summed E-state index contributed by atoms with van der Waals surface area (Å²) in [6.07, 6.45) is 1.22. The van der Waals surface area contributed by atoms with Crippen molar-refractivity contribution in [3.63, 3.8) is 0 Å². The van der Waals surface area contributed by atoms with Gasteiger partial charge in [0.15, 0.2) is 9.84 Å². The third-order valence-corrected chi connectivity index (χ3v) is 6.45. The van der Waals surface area contributed by atoms with Crippen LogP contribution in [-0.4, -0.2) is 24.8 Å². The van der Waals surface area contributed by atoms with E-state index in [1.807, 2.05) is 5.38 Å². The molecule has 0 bridgehead atoms. The van der Waals surface area contributed by atoms with E-state index in [9.17, 15) is 13.5 Å². The quantitative estimate of drug-likeness (QED) is 0.946. The summed E-state index contributed by atoms with van der Waals surface area (Å²) in [6, 6.07) is 6.66. The summed E-state index contributed by atoms with van der Waals surface area (Å²) in [6.45, 7) is 3.31. The van der Waals surface area contributed by atoms with Crippen molar-refractivity contribution in [3.8, 4) is 17.0 Å². The predicted octanol–water partition coefficient (Wildman–Crippen LogP) is 2.80. The Kier molecular flexibility index (Phi) is 3.40. The highest BCUT2D eigenvalue weighted by Gasteiger charge is 2.35. The van der Waals surface area contributed by atoms with E-state index in [1.165, 1.54) is 17.6 Å². The van der Waals surface area contributed by atoms with Gasteiger partial charge in [0.25, 0.3) is 0 Å². The lowest BCUT2D eigenvalue weighted by molar-refractivity contribution is 0.475. The number of aromatic nitrogens is 1. The van der Waals surface area contributed by atoms with Gasteiger partial charge in [0, 0.05) is 17.2 Å². The molecule has 0 saturated carbocycles. The molecule has 19 heavy (non-hydrogen) atoms. The minimum atomic E-state index is -3.22. The lowest BCUT2D eigenvalue weighted by Gasteiger charge is -2.19. The van der Waals surface area contributed by atoms with Gasteiger partial charge in [-0.3, -0.25) is 0 Å². The molecule has 0 aliphatic carbocycles. The molecule has 0 unspecified atom stereocenters. The van der Waals surface area contributed by atoms with Crippen molar-refractivity contribution in [1.29, 1.82) is 0 Å². The summed E-state index contributed by atoms with van der Waals surface area (Å²) in [5.74, 6) is 0.190. The van der Waals surface area contributed by atoms with Gasteiger partial charge in [0.05, 0.1) is 5.69 Å². The molecule has 2 aromatic rings. The number of hydrogen-bond donors (Lipinski definition) is 1. The molecule has 0 atom stereocenters. The SMILES string of the molecule is CC(C)(c1nc(-c2ccc(O)cc2)cs1)S(C)(=O)=O. The molecule has 1 heterocycles. The van der Waals surface area contributed by atoms with Gasteiger partial charge in [-0.1, -0.05) is 0 Å². The highest BCUT2D eigenvalue weighted by Crippen LogP contribution is 2.34. The second-order valence-corrected chi connectivity index (χ2v) is 8.29. The number of benzene rings is 1. The lowest BCUT2D eigenvalue weighted by atomic mass is 10.1. The van der Waals surface area contributed by atoms with Crippen molar-refractivity contribution < 1.29 is 13.5 Å². The van der Waals surface area contributed by atoms with E-state index < -0.39 is 14.6 Å². The van der Waals surface area contributed by atoms with Gasteiger partial charge in [-0.15, -0.1) is 11.3 Å². The molecule has 0 amide bonds. The second-order valence-electron chi connectivity index (χ2n) is 4.87. The maximum absolute atomic E-state index is 11.8. The first-order valence-electron chi connectivity index (χ1n) is 5.67. The number of sulfone groups is 1. The van der Waals surface area contributed by atoms with Gasteiger partial charge in [-0.2, -0.15) is 0 Å². The van der Waals surface area contributed by atoms with E-state index in [2.05, 4.69) is 4.98 Å². The molecule has 1 aromatic carbocycles. The minimum Gasteiger partial charge on any atom is -0.508 e. The van der Waals surface area contributed by atoms with Crippen LogP contribution < -0.4 is 0 Å². The van der Waals surface area contributed by atoms with Crippen molar-refractivity contribution in [3.05, 3.63) is 34.7 Å². The van der Waals surface area contributed by atoms with Crippen LogP contribution in [0.3, 0.4) is 0 Å². The number of rotatable bonds is 3. The Balaban J connectivity index is 2.42. The second kappa shape index (κ2) is 4.61. The van der Waals surface area contributed by atoms with Crippen LogP contribution in [0.5, 0.6) is 5.75 Å². The Morgan fingerprint density at radius 2 is 1.79 bits per heavy atom. The number of hydrogen-bond acceptors (Lipinski definition) is 5. The van der Waals surface area contributed by atoms with Crippen molar-refractivity contribution in [2.24, 2.45) is 0 Å². The summed E-state index contributed by atoms with van der Waals surface area (Å²) < 4.78 is 22.6. The van der Waals surface area contributed by atoms with Crippen molar-refractivity contribution >= 4 is 21.2 Å². The molecule has 1 aromatic heterocycles. The van der Waals surface area contributed by atoms with Crippen LogP contribution in [0.4, 0.5) is 0 Å². The summed E-state index contributed by atoms with van der Waals surface area (Å²) >= 11 is 1.33. The Labute approximate surface area is 116 Å². The van der Waals surface area contributed by atoms with E-state index in [4.69, 9.17) is 0 Å². The Hall–Kier alpha value is -1.40. The van der Waals surface area contributed by atoms with Gasteiger partial charge >= 0.3 is 0 Å². The molecule has 0 radical (unpaired) electrons. The number of phenolic OH excluding ortho intramolecular Hbond substituents is 1. The Morgan fingerprint density at radius 3 is 2.32 bits per heavy atom. The fourth-order valence-corrected chi connectivity index (χ4v) is 3.28. The molecule has 1 N–H and O–H groups in total. The van der Waals surface area contributed by atoms with Crippen LogP contribution in [0.25, 0.3) is 11.3 Å². The van der Waals surface area contributed by atoms with E-state index >= 15 is 0 Å². The average Bonchev–Trinajstić information content (AvgIpc) is 2.78. The normalized spacial score (nSPS) is 12.6. The monoisotopic (exact) mass is 297 g/mol. The van der Waals surface area contributed by atoms with Crippen LogP contribution in [0.1, 0.15) is 18.9 Å². The average molecular weight is 297 g/mol. The molecule has 4 nitrogen and oxygen atoms in total. The summed E-state index contributed by atoms with van der Waals surface area (Å²) in [4.78, 5) is 4.41. The lowest BCUT2D eigenvalue weighted by Crippen LogP contribution is -2.27.